The highest BCUT2D eigenvalue weighted by Gasteiger charge is 2.55. The van der Waals surface area contributed by atoms with E-state index in [4.69, 9.17) is 0 Å². The first-order chi connectivity index (χ1) is 13.1. The average molecular weight is 442 g/mol. The summed E-state index contributed by atoms with van der Waals surface area (Å²) in [5, 5.41) is 20.6. The highest BCUT2D eigenvalue weighted by Crippen LogP contribution is 2.51. The lowest BCUT2D eigenvalue weighted by Crippen LogP contribution is -2.27. The van der Waals surface area contributed by atoms with Crippen LogP contribution in [0.15, 0.2) is 17.0 Å². The third-order valence-corrected chi connectivity index (χ3v) is 7.69. The highest BCUT2D eigenvalue weighted by molar-refractivity contribution is 7.92. The molecule has 0 bridgehead atoms. The van der Waals surface area contributed by atoms with Gasteiger partial charge in [-0.3, -0.25) is 0 Å². The van der Waals surface area contributed by atoms with Crippen LogP contribution in [0.1, 0.15) is 68.2 Å². The number of rotatable bonds is 2. The topological polar surface area (TPSA) is 74.6 Å². The lowest BCUT2D eigenvalue weighted by Gasteiger charge is -2.25. The van der Waals surface area contributed by atoms with Gasteiger partial charge in [-0.1, -0.05) is 19.9 Å². The van der Waals surface area contributed by atoms with Gasteiger partial charge in [0.1, 0.15) is 6.10 Å². The van der Waals surface area contributed by atoms with Crippen LogP contribution in [0, 0.1) is 5.41 Å². The number of benzene rings is 1. The van der Waals surface area contributed by atoms with Crippen molar-refractivity contribution in [3.63, 3.8) is 0 Å². The van der Waals surface area contributed by atoms with Crippen LogP contribution < -0.4 is 0 Å². The third-order valence-electron chi connectivity index (χ3n) is 6.15. The van der Waals surface area contributed by atoms with Crippen molar-refractivity contribution in [1.29, 1.82) is 0 Å². The predicted molar refractivity (Wildman–Crippen MR) is 94.3 cm³/mol. The smallest absolute Gasteiger partial charge is 0.392 e. The van der Waals surface area contributed by atoms with E-state index in [1.807, 2.05) is 13.8 Å². The fourth-order valence-electron chi connectivity index (χ4n) is 4.37. The Balaban J connectivity index is 2.19. The Morgan fingerprint density at radius 2 is 1.66 bits per heavy atom. The zero-order valence-electron chi connectivity index (χ0n) is 15.9. The van der Waals surface area contributed by atoms with Crippen LogP contribution in [0.5, 0.6) is 0 Å². The Morgan fingerprint density at radius 1 is 1.07 bits per heavy atom. The molecule has 2 N–H and O–H groups in total. The molecule has 0 spiro atoms. The number of fused-ring (bicyclic) bond motifs is 1. The summed E-state index contributed by atoms with van der Waals surface area (Å²) in [5.41, 5.74) is -6.81. The molecule has 0 radical (unpaired) electrons. The van der Waals surface area contributed by atoms with Gasteiger partial charge in [0.25, 0.3) is 15.8 Å². The fourth-order valence-corrected chi connectivity index (χ4v) is 5.39. The molecular formula is C19H23F5O4S. The molecule has 0 heterocycles. The highest BCUT2D eigenvalue weighted by atomic mass is 32.2. The van der Waals surface area contributed by atoms with Crippen molar-refractivity contribution >= 4 is 9.84 Å². The van der Waals surface area contributed by atoms with Crippen LogP contribution in [-0.2, 0) is 16.3 Å². The predicted octanol–water partition coefficient (Wildman–Crippen LogP) is 4.25. The Morgan fingerprint density at radius 3 is 2.24 bits per heavy atom. The fraction of sp³-hybridized carbons (Fsp3) is 0.684. The minimum Gasteiger partial charge on any atom is -0.392 e. The summed E-state index contributed by atoms with van der Waals surface area (Å²) >= 11 is 0. The van der Waals surface area contributed by atoms with E-state index in [0.717, 1.165) is 6.07 Å². The number of hydrogen-bond donors (Lipinski definition) is 2. The summed E-state index contributed by atoms with van der Waals surface area (Å²) in [7, 11) is -5.93. The molecule has 3 atom stereocenters. The van der Waals surface area contributed by atoms with Crippen molar-refractivity contribution in [2.24, 2.45) is 5.41 Å². The van der Waals surface area contributed by atoms with Crippen LogP contribution in [-0.4, -0.2) is 36.2 Å². The number of aliphatic hydroxyl groups excluding tert-OH is 2. The Labute approximate surface area is 165 Å². The van der Waals surface area contributed by atoms with E-state index >= 15 is 0 Å². The van der Waals surface area contributed by atoms with E-state index < -0.39 is 56.3 Å². The van der Waals surface area contributed by atoms with E-state index in [2.05, 4.69) is 0 Å². The van der Waals surface area contributed by atoms with Crippen LogP contribution in [0.4, 0.5) is 22.0 Å². The molecule has 2 aliphatic carbocycles. The van der Waals surface area contributed by atoms with Gasteiger partial charge in [0.2, 0.25) is 0 Å². The van der Waals surface area contributed by atoms with Gasteiger partial charge in [0.15, 0.2) is 0 Å². The molecule has 1 saturated carbocycles. The first kappa shape index (κ1) is 22.4. The second-order valence-corrected chi connectivity index (χ2v) is 10.7. The molecular weight excluding hydrogens is 419 g/mol. The van der Waals surface area contributed by atoms with Crippen LogP contribution in [0.2, 0.25) is 0 Å². The lowest BCUT2D eigenvalue weighted by molar-refractivity contribution is -0.0978. The zero-order chi connectivity index (χ0) is 22.0. The molecule has 4 nitrogen and oxygen atoms in total. The monoisotopic (exact) mass is 442 g/mol. The van der Waals surface area contributed by atoms with E-state index in [-0.39, 0.29) is 16.5 Å². The van der Waals surface area contributed by atoms with E-state index in [1.54, 1.807) is 0 Å². The van der Waals surface area contributed by atoms with E-state index in [0.29, 0.717) is 31.7 Å². The van der Waals surface area contributed by atoms with Gasteiger partial charge >= 0.3 is 5.51 Å². The molecule has 1 fully saturated rings. The second kappa shape index (κ2) is 6.88. The summed E-state index contributed by atoms with van der Waals surface area (Å²) in [4.78, 5) is -1.35. The first-order valence-electron chi connectivity index (χ1n) is 9.29. The molecule has 1 aromatic carbocycles. The van der Waals surface area contributed by atoms with Crippen molar-refractivity contribution in [2.45, 2.75) is 80.4 Å². The Kier molecular flexibility index (Phi) is 5.32. The van der Waals surface area contributed by atoms with Crippen LogP contribution >= 0.6 is 0 Å². The molecule has 1 aromatic rings. The van der Waals surface area contributed by atoms with Crippen molar-refractivity contribution in [3.05, 3.63) is 28.8 Å². The standard InChI is InChI=1S/C19H23F5O4S/c1-17(2)7-5-11(13(25)6-8-17)10-3-4-14(29(27,28)19(22,23)24)15-12(10)9-18(20,21)16(15)26/h3-4,11,13,16,25-26H,5-9H2,1-2H3/t11-,13-,16-/m0/s1. The molecule has 10 heteroatoms. The number of halogens is 5. The molecule has 0 amide bonds. The first-order valence-corrected chi connectivity index (χ1v) is 10.8. The summed E-state index contributed by atoms with van der Waals surface area (Å²) < 4.78 is 91.6. The number of hydrogen-bond acceptors (Lipinski definition) is 4. The molecule has 0 aliphatic heterocycles. The van der Waals surface area contributed by atoms with Gasteiger partial charge in [-0.15, -0.1) is 0 Å². The summed E-state index contributed by atoms with van der Waals surface area (Å²) in [5.74, 6) is -4.43. The van der Waals surface area contributed by atoms with Gasteiger partial charge in [0, 0.05) is 17.9 Å². The zero-order valence-corrected chi connectivity index (χ0v) is 16.7. The van der Waals surface area contributed by atoms with Gasteiger partial charge in [-0.2, -0.15) is 13.2 Å². The maximum Gasteiger partial charge on any atom is 0.501 e. The SMILES string of the molecule is CC1(C)CC[C@H](O)[C@H](c2ccc(S(=O)(=O)C(F)(F)F)c3c2CC(F)(F)[C@H]3O)CC1. The molecule has 164 valence electrons. The van der Waals surface area contributed by atoms with E-state index in [1.165, 1.54) is 0 Å². The van der Waals surface area contributed by atoms with Crippen LogP contribution in [0.3, 0.4) is 0 Å². The Bertz CT molecular complexity index is 908. The minimum absolute atomic E-state index is 0.0953. The van der Waals surface area contributed by atoms with Gasteiger partial charge in [-0.25, -0.2) is 17.2 Å². The third kappa shape index (κ3) is 3.79. The average Bonchev–Trinajstić information content (AvgIpc) is 2.72. The largest absolute Gasteiger partial charge is 0.501 e. The van der Waals surface area contributed by atoms with E-state index in [9.17, 15) is 40.6 Å². The van der Waals surface area contributed by atoms with Crippen molar-refractivity contribution < 1.29 is 40.6 Å². The van der Waals surface area contributed by atoms with Crippen molar-refractivity contribution in [2.75, 3.05) is 0 Å². The van der Waals surface area contributed by atoms with Crippen LogP contribution in [0.25, 0.3) is 0 Å². The second-order valence-electron chi connectivity index (χ2n) is 8.75. The van der Waals surface area contributed by atoms with Gasteiger partial charge in [0.05, 0.1) is 11.0 Å². The maximum atomic E-state index is 14.3. The lowest BCUT2D eigenvalue weighted by atomic mass is 9.82. The summed E-state index contributed by atoms with van der Waals surface area (Å²) in [6.45, 7) is 4.01. The minimum atomic E-state index is -5.93. The molecule has 0 saturated heterocycles. The molecule has 29 heavy (non-hydrogen) atoms. The maximum absolute atomic E-state index is 14.3. The quantitative estimate of drug-likeness (QED) is 0.531. The normalized spacial score (nSPS) is 29.3. The van der Waals surface area contributed by atoms with Gasteiger partial charge < -0.3 is 10.2 Å². The summed E-state index contributed by atoms with van der Waals surface area (Å²) in [6, 6.07) is 1.71. The number of aliphatic hydroxyl groups is 2. The summed E-state index contributed by atoms with van der Waals surface area (Å²) in [6.07, 6.45) is -2.51. The van der Waals surface area contributed by atoms with Gasteiger partial charge in [-0.05, 0) is 48.3 Å². The molecule has 3 rings (SSSR count). The van der Waals surface area contributed by atoms with Crippen molar-refractivity contribution in [3.8, 4) is 0 Å². The number of sulfone groups is 1. The molecule has 0 unspecified atom stereocenters. The molecule has 2 aliphatic rings. The Hall–Kier alpha value is -1.26. The molecule has 0 aromatic heterocycles. The van der Waals surface area contributed by atoms with Crippen molar-refractivity contribution in [1.82, 2.24) is 0 Å². The number of alkyl halides is 5.